The Balaban J connectivity index is 2.66. The van der Waals surface area contributed by atoms with Crippen LogP contribution in [-0.2, 0) is 6.42 Å². The minimum Gasteiger partial charge on any atom is -0.504 e. The number of amides is 1. The summed E-state index contributed by atoms with van der Waals surface area (Å²) in [5.41, 5.74) is 1.67. The third-order valence-corrected chi connectivity index (χ3v) is 2.99. The molecule has 0 aliphatic carbocycles. The van der Waals surface area contributed by atoms with E-state index in [1.54, 1.807) is 6.92 Å². The average molecular weight is 228 g/mol. The van der Waals surface area contributed by atoms with Gasteiger partial charge in [0, 0.05) is 23.9 Å². The zero-order valence-corrected chi connectivity index (χ0v) is 8.88. The van der Waals surface area contributed by atoms with Gasteiger partial charge in [-0.15, -0.1) is 0 Å². The molecule has 0 atom stereocenters. The van der Waals surface area contributed by atoms with E-state index >= 15 is 0 Å². The number of fused-ring (bicyclic) bond motifs is 1. The van der Waals surface area contributed by atoms with Crippen molar-refractivity contribution in [3.8, 4) is 11.5 Å². The molecule has 1 aromatic carbocycles. The van der Waals surface area contributed by atoms with E-state index in [9.17, 15) is 15.0 Å². The molecule has 1 aliphatic rings. The normalized spacial score (nSPS) is 15.3. The number of benzene rings is 1. The second kappa shape index (κ2) is 3.31. The second-order valence-corrected chi connectivity index (χ2v) is 3.94. The number of carbonyl (C=O) groups is 1. The lowest BCUT2D eigenvalue weighted by Gasteiger charge is -2.24. The van der Waals surface area contributed by atoms with Gasteiger partial charge in [0.05, 0.1) is 0 Å². The Morgan fingerprint density at radius 3 is 2.80 bits per heavy atom. The van der Waals surface area contributed by atoms with Gasteiger partial charge in [0.1, 0.15) is 0 Å². The monoisotopic (exact) mass is 227 g/mol. The Bertz CT molecular complexity index is 445. The van der Waals surface area contributed by atoms with Crippen LogP contribution in [0, 0.1) is 6.92 Å². The smallest absolute Gasteiger partial charge is 0.268 e. The number of nitrogens with zero attached hydrogens (tertiary/aromatic N) is 1. The van der Waals surface area contributed by atoms with Crippen molar-refractivity contribution in [2.45, 2.75) is 13.3 Å². The topological polar surface area (TPSA) is 60.8 Å². The van der Waals surface area contributed by atoms with Gasteiger partial charge in [0.2, 0.25) is 0 Å². The Morgan fingerprint density at radius 2 is 2.13 bits per heavy atom. The largest absolute Gasteiger partial charge is 0.504 e. The van der Waals surface area contributed by atoms with Crippen LogP contribution in [0.5, 0.6) is 11.5 Å². The molecule has 80 valence electrons. The van der Waals surface area contributed by atoms with Gasteiger partial charge in [-0.05, 0) is 30.5 Å². The molecule has 1 amide bonds. The molecule has 4 nitrogen and oxygen atoms in total. The van der Waals surface area contributed by atoms with Crippen LogP contribution in [0.2, 0.25) is 0 Å². The highest BCUT2D eigenvalue weighted by Crippen LogP contribution is 2.36. The molecule has 1 aromatic rings. The molecule has 5 heteroatoms. The van der Waals surface area contributed by atoms with Crippen molar-refractivity contribution < 1.29 is 15.0 Å². The molecular weight excluding hydrogens is 218 g/mol. The number of rotatable bonds is 0. The van der Waals surface area contributed by atoms with E-state index in [0.717, 1.165) is 9.98 Å². The Morgan fingerprint density at radius 1 is 1.47 bits per heavy atom. The van der Waals surface area contributed by atoms with Gasteiger partial charge in [-0.3, -0.25) is 9.21 Å². The highest BCUT2D eigenvalue weighted by Gasteiger charge is 2.26. The summed E-state index contributed by atoms with van der Waals surface area (Å²) in [5.74, 6) is -0.785. The fourth-order valence-corrected chi connectivity index (χ4v) is 1.96. The molecule has 0 saturated carbocycles. The maximum Gasteiger partial charge on any atom is 0.268 e. The van der Waals surface area contributed by atoms with Crippen LogP contribution in [0.3, 0.4) is 0 Å². The minimum absolute atomic E-state index is 0.162. The van der Waals surface area contributed by atoms with Crippen molar-refractivity contribution in [3.63, 3.8) is 0 Å². The SMILES string of the molecule is Cc1c(O)c(O)cc2c1CCN(Cl)C2=O. The fourth-order valence-electron chi connectivity index (χ4n) is 1.78. The first-order valence-electron chi connectivity index (χ1n) is 4.54. The van der Waals surface area contributed by atoms with Crippen molar-refractivity contribution in [1.82, 2.24) is 4.42 Å². The van der Waals surface area contributed by atoms with E-state index in [-0.39, 0.29) is 17.4 Å². The van der Waals surface area contributed by atoms with Crippen LogP contribution in [0.4, 0.5) is 0 Å². The number of carbonyl (C=O) groups excluding carboxylic acids is 1. The summed E-state index contributed by atoms with van der Waals surface area (Å²) in [6, 6.07) is 1.26. The van der Waals surface area contributed by atoms with Crippen molar-refractivity contribution in [3.05, 3.63) is 22.8 Å². The standard InChI is InChI=1S/C10H10ClNO3/c1-5-6-2-3-12(11)10(15)7(6)4-8(13)9(5)14/h4,13-14H,2-3H2,1H3. The fraction of sp³-hybridized carbons (Fsp3) is 0.300. The lowest BCUT2D eigenvalue weighted by Crippen LogP contribution is -2.30. The van der Waals surface area contributed by atoms with Gasteiger partial charge in [-0.2, -0.15) is 0 Å². The van der Waals surface area contributed by atoms with Crippen molar-refractivity contribution in [1.29, 1.82) is 0 Å². The van der Waals surface area contributed by atoms with Crippen molar-refractivity contribution in [2.24, 2.45) is 0 Å². The second-order valence-electron chi connectivity index (χ2n) is 3.54. The maximum atomic E-state index is 11.6. The molecule has 0 unspecified atom stereocenters. The number of hydrogen-bond acceptors (Lipinski definition) is 3. The van der Waals surface area contributed by atoms with E-state index in [2.05, 4.69) is 0 Å². The number of phenolic OH excluding ortho intramolecular Hbond substituents is 2. The number of halogens is 1. The quantitative estimate of drug-likeness (QED) is 0.522. The summed E-state index contributed by atoms with van der Waals surface area (Å²) >= 11 is 5.68. The van der Waals surface area contributed by atoms with Crippen LogP contribution in [0.1, 0.15) is 21.5 Å². The molecule has 0 saturated heterocycles. The van der Waals surface area contributed by atoms with Gasteiger partial charge in [0.25, 0.3) is 5.91 Å². The molecule has 1 heterocycles. The van der Waals surface area contributed by atoms with E-state index in [1.165, 1.54) is 6.07 Å². The summed E-state index contributed by atoms with van der Waals surface area (Å²) in [6.07, 6.45) is 0.588. The highest BCUT2D eigenvalue weighted by molar-refractivity contribution is 6.24. The van der Waals surface area contributed by atoms with E-state index in [0.29, 0.717) is 24.1 Å². The molecule has 1 aliphatic heterocycles. The minimum atomic E-state index is -0.337. The molecule has 15 heavy (non-hydrogen) atoms. The Hall–Kier alpha value is -1.42. The first-order valence-corrected chi connectivity index (χ1v) is 4.88. The molecule has 0 aromatic heterocycles. The van der Waals surface area contributed by atoms with E-state index in [1.807, 2.05) is 0 Å². The first-order chi connectivity index (χ1) is 7.02. The number of aromatic hydroxyl groups is 2. The average Bonchev–Trinajstić information content (AvgIpc) is 2.21. The molecule has 0 radical (unpaired) electrons. The third kappa shape index (κ3) is 1.41. The number of phenols is 2. The molecular formula is C10H10ClNO3. The third-order valence-electron chi connectivity index (χ3n) is 2.67. The predicted molar refractivity (Wildman–Crippen MR) is 55.1 cm³/mol. The van der Waals surface area contributed by atoms with Crippen LogP contribution in [0.25, 0.3) is 0 Å². The zero-order chi connectivity index (χ0) is 11.2. The summed E-state index contributed by atoms with van der Waals surface area (Å²) in [7, 11) is 0. The Kier molecular flexibility index (Phi) is 2.23. The first kappa shape index (κ1) is 10.1. The molecule has 0 fully saturated rings. The summed E-state index contributed by atoms with van der Waals surface area (Å²) in [6.45, 7) is 2.09. The zero-order valence-electron chi connectivity index (χ0n) is 8.12. The van der Waals surface area contributed by atoms with Crippen molar-refractivity contribution >= 4 is 17.7 Å². The predicted octanol–water partition coefficient (Wildman–Crippen LogP) is 1.56. The van der Waals surface area contributed by atoms with Gasteiger partial charge < -0.3 is 10.2 Å². The van der Waals surface area contributed by atoms with Gasteiger partial charge in [-0.25, -0.2) is 0 Å². The summed E-state index contributed by atoms with van der Waals surface area (Å²) in [5, 5.41) is 18.9. The summed E-state index contributed by atoms with van der Waals surface area (Å²) in [4.78, 5) is 11.6. The van der Waals surface area contributed by atoms with Crippen LogP contribution in [0.15, 0.2) is 6.07 Å². The maximum absolute atomic E-state index is 11.6. The molecule has 0 bridgehead atoms. The lowest BCUT2D eigenvalue weighted by atomic mass is 9.94. The highest BCUT2D eigenvalue weighted by atomic mass is 35.5. The van der Waals surface area contributed by atoms with Gasteiger partial charge in [-0.1, -0.05) is 0 Å². The van der Waals surface area contributed by atoms with Crippen molar-refractivity contribution in [2.75, 3.05) is 6.54 Å². The molecule has 2 N–H and O–H groups in total. The lowest BCUT2D eigenvalue weighted by molar-refractivity contribution is 0.0851. The molecule has 0 spiro atoms. The van der Waals surface area contributed by atoms with E-state index in [4.69, 9.17) is 11.8 Å². The van der Waals surface area contributed by atoms with Crippen LogP contribution < -0.4 is 0 Å². The summed E-state index contributed by atoms with van der Waals surface area (Å²) < 4.78 is 1.08. The van der Waals surface area contributed by atoms with Crippen LogP contribution in [-0.4, -0.2) is 27.1 Å². The molecule has 2 rings (SSSR count). The van der Waals surface area contributed by atoms with Gasteiger partial charge in [0.15, 0.2) is 11.5 Å². The van der Waals surface area contributed by atoms with E-state index < -0.39 is 0 Å². The Labute approximate surface area is 91.8 Å². The van der Waals surface area contributed by atoms with Crippen LogP contribution >= 0.6 is 11.8 Å². The number of hydrogen-bond donors (Lipinski definition) is 2. The van der Waals surface area contributed by atoms with Gasteiger partial charge >= 0.3 is 0 Å².